The highest BCUT2D eigenvalue weighted by Crippen LogP contribution is 2.21. The Kier molecular flexibility index (Phi) is 4.75. The maximum Gasteiger partial charge on any atom is 0.0616 e. The zero-order valence-corrected chi connectivity index (χ0v) is 11.2. The van der Waals surface area contributed by atoms with E-state index in [9.17, 15) is 5.11 Å². The fourth-order valence-corrected chi connectivity index (χ4v) is 2.69. The smallest absolute Gasteiger partial charge is 0.0616 e. The summed E-state index contributed by atoms with van der Waals surface area (Å²) in [6.07, 6.45) is 2.06. The molecule has 2 rings (SSSR count). The standard InChI is InChI=1S/C15H24N2O/c1-15(13-18,12-14-6-3-2-4-7-14)17-10-5-8-16-9-11-17/h2-4,6-7,16,18H,5,8-13H2,1H3. The number of nitrogens with zero attached hydrogens (tertiary/aromatic N) is 1. The number of nitrogens with one attached hydrogen (secondary N) is 1. The molecular weight excluding hydrogens is 224 g/mol. The molecule has 0 saturated carbocycles. The van der Waals surface area contributed by atoms with Crippen LogP contribution in [0.4, 0.5) is 0 Å². The van der Waals surface area contributed by atoms with Crippen molar-refractivity contribution in [3.05, 3.63) is 35.9 Å². The third-order valence-electron chi connectivity index (χ3n) is 3.87. The van der Waals surface area contributed by atoms with E-state index in [1.807, 2.05) is 6.07 Å². The molecule has 1 aromatic carbocycles. The Labute approximate surface area is 110 Å². The van der Waals surface area contributed by atoms with Gasteiger partial charge in [0, 0.05) is 25.2 Å². The molecule has 0 aromatic heterocycles. The molecule has 2 N–H and O–H groups in total. The molecule has 1 saturated heterocycles. The first kappa shape index (κ1) is 13.5. The van der Waals surface area contributed by atoms with Gasteiger partial charge >= 0.3 is 0 Å². The maximum absolute atomic E-state index is 9.83. The van der Waals surface area contributed by atoms with E-state index in [0.717, 1.165) is 39.0 Å². The van der Waals surface area contributed by atoms with Gasteiger partial charge in [0.25, 0.3) is 0 Å². The molecule has 1 aliphatic rings. The molecule has 1 fully saturated rings. The Hall–Kier alpha value is -0.900. The molecule has 1 aliphatic heterocycles. The van der Waals surface area contributed by atoms with E-state index in [1.165, 1.54) is 5.56 Å². The van der Waals surface area contributed by atoms with Crippen molar-refractivity contribution in [3.63, 3.8) is 0 Å². The molecule has 3 nitrogen and oxygen atoms in total. The Bertz CT molecular complexity index is 347. The number of hydrogen-bond donors (Lipinski definition) is 2. The van der Waals surface area contributed by atoms with Gasteiger partial charge in [0.2, 0.25) is 0 Å². The van der Waals surface area contributed by atoms with Crippen molar-refractivity contribution < 1.29 is 5.11 Å². The second kappa shape index (κ2) is 6.32. The van der Waals surface area contributed by atoms with Crippen molar-refractivity contribution in [2.75, 3.05) is 32.8 Å². The zero-order chi connectivity index (χ0) is 12.8. The molecule has 100 valence electrons. The molecular formula is C15H24N2O. The van der Waals surface area contributed by atoms with Gasteiger partial charge in [-0.25, -0.2) is 0 Å². The second-order valence-corrected chi connectivity index (χ2v) is 5.41. The average molecular weight is 248 g/mol. The molecule has 0 amide bonds. The molecule has 0 radical (unpaired) electrons. The summed E-state index contributed by atoms with van der Waals surface area (Å²) in [5.74, 6) is 0. The third-order valence-corrected chi connectivity index (χ3v) is 3.87. The topological polar surface area (TPSA) is 35.5 Å². The van der Waals surface area contributed by atoms with Crippen LogP contribution < -0.4 is 5.32 Å². The maximum atomic E-state index is 9.83. The summed E-state index contributed by atoms with van der Waals surface area (Å²) < 4.78 is 0. The minimum Gasteiger partial charge on any atom is -0.394 e. The Morgan fingerprint density at radius 3 is 2.72 bits per heavy atom. The van der Waals surface area contributed by atoms with Crippen LogP contribution in [0, 0.1) is 0 Å². The van der Waals surface area contributed by atoms with Gasteiger partial charge in [-0.2, -0.15) is 0 Å². The van der Waals surface area contributed by atoms with Crippen LogP contribution in [0.5, 0.6) is 0 Å². The molecule has 0 aliphatic carbocycles. The highest BCUT2D eigenvalue weighted by molar-refractivity contribution is 5.17. The lowest BCUT2D eigenvalue weighted by molar-refractivity contribution is 0.0479. The largest absolute Gasteiger partial charge is 0.394 e. The van der Waals surface area contributed by atoms with Crippen LogP contribution in [0.3, 0.4) is 0 Å². The molecule has 0 bridgehead atoms. The first-order valence-corrected chi connectivity index (χ1v) is 6.85. The van der Waals surface area contributed by atoms with Crippen molar-refractivity contribution in [1.82, 2.24) is 10.2 Å². The van der Waals surface area contributed by atoms with E-state index in [-0.39, 0.29) is 12.1 Å². The van der Waals surface area contributed by atoms with Gasteiger partial charge in [-0.05, 0) is 31.9 Å². The van der Waals surface area contributed by atoms with Gasteiger partial charge in [0.05, 0.1) is 6.61 Å². The number of rotatable bonds is 4. The summed E-state index contributed by atoms with van der Waals surface area (Å²) in [4.78, 5) is 2.43. The lowest BCUT2D eigenvalue weighted by Crippen LogP contribution is -2.52. The number of aliphatic hydroxyl groups excluding tert-OH is 1. The monoisotopic (exact) mass is 248 g/mol. The Morgan fingerprint density at radius 2 is 2.00 bits per heavy atom. The minimum absolute atomic E-state index is 0.145. The molecule has 3 heteroatoms. The van der Waals surface area contributed by atoms with E-state index in [0.29, 0.717) is 0 Å². The Balaban J connectivity index is 2.08. The van der Waals surface area contributed by atoms with Gasteiger partial charge in [-0.1, -0.05) is 30.3 Å². The highest BCUT2D eigenvalue weighted by Gasteiger charge is 2.31. The van der Waals surface area contributed by atoms with E-state index in [2.05, 4.69) is 41.4 Å². The molecule has 1 aromatic rings. The van der Waals surface area contributed by atoms with E-state index in [1.54, 1.807) is 0 Å². The third kappa shape index (κ3) is 3.31. The SMILES string of the molecule is CC(CO)(Cc1ccccc1)N1CCCNCC1. The second-order valence-electron chi connectivity index (χ2n) is 5.41. The van der Waals surface area contributed by atoms with Gasteiger partial charge in [-0.3, -0.25) is 4.90 Å². The van der Waals surface area contributed by atoms with Crippen LogP contribution in [0.25, 0.3) is 0 Å². The van der Waals surface area contributed by atoms with Gasteiger partial charge in [-0.15, -0.1) is 0 Å². The van der Waals surface area contributed by atoms with E-state index >= 15 is 0 Å². The van der Waals surface area contributed by atoms with Crippen molar-refractivity contribution in [2.24, 2.45) is 0 Å². The van der Waals surface area contributed by atoms with Crippen LogP contribution in [0.1, 0.15) is 18.9 Å². The lowest BCUT2D eigenvalue weighted by atomic mass is 9.91. The van der Waals surface area contributed by atoms with Crippen LogP contribution in [-0.2, 0) is 6.42 Å². The summed E-state index contributed by atoms with van der Waals surface area (Å²) in [6.45, 7) is 6.57. The summed E-state index contributed by atoms with van der Waals surface area (Å²) in [5, 5.41) is 13.2. The average Bonchev–Trinajstić information content (AvgIpc) is 2.69. The van der Waals surface area contributed by atoms with E-state index in [4.69, 9.17) is 0 Å². The summed E-state index contributed by atoms with van der Waals surface area (Å²) >= 11 is 0. The van der Waals surface area contributed by atoms with Crippen molar-refractivity contribution in [3.8, 4) is 0 Å². The van der Waals surface area contributed by atoms with Gasteiger partial charge in [0.1, 0.15) is 0 Å². The Morgan fingerprint density at radius 1 is 1.22 bits per heavy atom. The van der Waals surface area contributed by atoms with Crippen molar-refractivity contribution in [1.29, 1.82) is 0 Å². The van der Waals surface area contributed by atoms with Crippen LogP contribution in [0.2, 0.25) is 0 Å². The van der Waals surface area contributed by atoms with Crippen LogP contribution in [-0.4, -0.2) is 48.3 Å². The summed E-state index contributed by atoms with van der Waals surface area (Å²) in [5.41, 5.74) is 1.15. The molecule has 1 unspecified atom stereocenters. The predicted octanol–water partition coefficient (Wildman–Crippen LogP) is 1.28. The van der Waals surface area contributed by atoms with Crippen molar-refractivity contribution in [2.45, 2.75) is 25.3 Å². The number of benzene rings is 1. The fourth-order valence-electron chi connectivity index (χ4n) is 2.69. The normalized spacial score (nSPS) is 21.2. The first-order valence-electron chi connectivity index (χ1n) is 6.85. The summed E-state index contributed by atoms with van der Waals surface area (Å²) in [7, 11) is 0. The molecule has 18 heavy (non-hydrogen) atoms. The highest BCUT2D eigenvalue weighted by atomic mass is 16.3. The minimum atomic E-state index is -0.145. The van der Waals surface area contributed by atoms with Gasteiger partial charge < -0.3 is 10.4 Å². The number of aliphatic hydroxyl groups is 1. The molecule has 1 atom stereocenters. The van der Waals surface area contributed by atoms with Crippen LogP contribution in [0.15, 0.2) is 30.3 Å². The van der Waals surface area contributed by atoms with Gasteiger partial charge in [0.15, 0.2) is 0 Å². The van der Waals surface area contributed by atoms with Crippen LogP contribution >= 0.6 is 0 Å². The summed E-state index contributed by atoms with van der Waals surface area (Å²) in [6, 6.07) is 10.5. The molecule has 1 heterocycles. The fraction of sp³-hybridized carbons (Fsp3) is 0.600. The number of hydrogen-bond acceptors (Lipinski definition) is 3. The van der Waals surface area contributed by atoms with E-state index < -0.39 is 0 Å². The molecule has 0 spiro atoms. The first-order chi connectivity index (χ1) is 8.74. The van der Waals surface area contributed by atoms with Crippen molar-refractivity contribution >= 4 is 0 Å². The lowest BCUT2D eigenvalue weighted by Gasteiger charge is -2.39. The zero-order valence-electron chi connectivity index (χ0n) is 11.2. The predicted molar refractivity (Wildman–Crippen MR) is 74.7 cm³/mol. The quantitative estimate of drug-likeness (QED) is 0.842.